The lowest BCUT2D eigenvalue weighted by molar-refractivity contribution is -0.0255. The van der Waals surface area contributed by atoms with Crippen LogP contribution in [0.5, 0.6) is 0 Å². The molecule has 0 bridgehead atoms. The van der Waals surface area contributed by atoms with Crippen LogP contribution in [-0.4, -0.2) is 164 Å². The number of hydrogen-bond donors (Lipinski definition) is 9. The highest BCUT2D eigenvalue weighted by Gasteiger charge is 2.36. The van der Waals surface area contributed by atoms with Crippen LogP contribution in [-0.2, 0) is 33.8 Å². The maximum Gasteiger partial charge on any atom is 0.165 e. The van der Waals surface area contributed by atoms with Crippen molar-refractivity contribution >= 4 is 50.9 Å². The molecule has 3 aliphatic heterocycles. The van der Waals surface area contributed by atoms with Gasteiger partial charge in [-0.1, -0.05) is 0 Å². The zero-order valence-electron chi connectivity index (χ0n) is 30.5. The van der Waals surface area contributed by atoms with Gasteiger partial charge in [0.25, 0.3) is 0 Å². The summed E-state index contributed by atoms with van der Waals surface area (Å²) < 4.78 is 22.1. The van der Waals surface area contributed by atoms with Crippen LogP contribution in [0.25, 0.3) is 33.5 Å². The van der Waals surface area contributed by atoms with Crippen LogP contribution < -0.4 is 17.2 Å². The van der Waals surface area contributed by atoms with E-state index in [1.807, 2.05) is 13.7 Å². The van der Waals surface area contributed by atoms with Crippen LogP contribution in [0.1, 0.15) is 19.3 Å². The van der Waals surface area contributed by atoms with E-state index in [0.717, 1.165) is 0 Å². The number of ether oxygens (including phenoxy) is 3. The second kappa shape index (κ2) is 17.5. The SMILES string of the molecule is Nc1ncnc2c1ncn2C[C@@H]1C[C@H](O)[C@@H](CO)O1.Nc1ncnc2c1ncn2C[C@@H]1C[C@H](O)[C@@H](CO)O1.Nc1ncnc2c1ncn2C[C@@H]1C[C@H](O)[C@@H](CO)O1. The molecule has 0 aliphatic carbocycles. The summed E-state index contributed by atoms with van der Waals surface area (Å²) in [6, 6.07) is 0. The molecule has 6 aromatic rings. The van der Waals surface area contributed by atoms with Crippen LogP contribution >= 0.6 is 0 Å². The summed E-state index contributed by atoms with van der Waals surface area (Å²) in [4.78, 5) is 36.6. The van der Waals surface area contributed by atoms with E-state index in [-0.39, 0.29) is 38.1 Å². The molecule has 0 saturated carbocycles. The molecule has 9 atom stereocenters. The molecule has 9 rings (SSSR count). The number of anilines is 3. The Morgan fingerprint density at radius 3 is 1.00 bits per heavy atom. The molecule has 3 aliphatic rings. The third-order valence-corrected chi connectivity index (χ3v) is 9.93. The van der Waals surface area contributed by atoms with Crippen LogP contribution in [0.2, 0.25) is 0 Å². The molecule has 24 nitrogen and oxygen atoms in total. The Hall–Kier alpha value is -5.31. The topological polar surface area (TPSA) is 358 Å². The molecule has 12 N–H and O–H groups in total. The Morgan fingerprint density at radius 2 is 0.754 bits per heavy atom. The Labute approximate surface area is 323 Å². The number of aliphatic hydroxyl groups is 6. The molecular weight excluding hydrogens is 750 g/mol. The third kappa shape index (κ3) is 8.68. The highest BCUT2D eigenvalue weighted by molar-refractivity contribution is 5.82. The van der Waals surface area contributed by atoms with Crippen LogP contribution in [0, 0.1) is 0 Å². The number of nitrogens with zero attached hydrogens (tertiary/aromatic N) is 12. The molecule has 6 aromatic heterocycles. The maximum absolute atomic E-state index is 9.69. The first-order chi connectivity index (χ1) is 27.6. The van der Waals surface area contributed by atoms with Crippen LogP contribution in [0.4, 0.5) is 17.5 Å². The lowest BCUT2D eigenvalue weighted by Crippen LogP contribution is -2.24. The summed E-state index contributed by atoms with van der Waals surface area (Å²) in [5.74, 6) is 1.01. The van der Waals surface area contributed by atoms with Gasteiger partial charge in [-0.15, -0.1) is 0 Å². The average Bonchev–Trinajstić information content (AvgIpc) is 4.07. The Bertz CT molecular complexity index is 2010. The van der Waals surface area contributed by atoms with Crippen molar-refractivity contribution in [3.05, 3.63) is 38.0 Å². The van der Waals surface area contributed by atoms with Gasteiger partial charge in [-0.05, 0) is 0 Å². The summed E-state index contributed by atoms with van der Waals surface area (Å²) in [7, 11) is 0. The Morgan fingerprint density at radius 1 is 0.474 bits per heavy atom. The minimum absolute atomic E-state index is 0.180. The largest absolute Gasteiger partial charge is 0.394 e. The quantitative estimate of drug-likeness (QED) is 0.0694. The monoisotopic (exact) mass is 795 g/mol. The Kier molecular flexibility index (Phi) is 12.2. The summed E-state index contributed by atoms with van der Waals surface area (Å²) in [6.45, 7) is 0.952. The molecule has 306 valence electrons. The predicted molar refractivity (Wildman–Crippen MR) is 198 cm³/mol. The fraction of sp³-hybridized carbons (Fsp3) is 0.545. The predicted octanol–water partition coefficient (Wildman–Crippen LogP) is -3.24. The number of imidazole rings is 3. The molecule has 3 fully saturated rings. The molecule has 0 spiro atoms. The van der Waals surface area contributed by atoms with Crippen molar-refractivity contribution in [2.24, 2.45) is 0 Å². The summed E-state index contributed by atoms with van der Waals surface area (Å²) in [5.41, 5.74) is 20.7. The molecule has 0 radical (unpaired) electrons. The molecular formula is C33H45N15O9. The average molecular weight is 796 g/mol. The minimum Gasteiger partial charge on any atom is -0.394 e. The second-order valence-corrected chi connectivity index (χ2v) is 13.8. The molecule has 9 heterocycles. The number of rotatable bonds is 9. The van der Waals surface area contributed by atoms with Gasteiger partial charge in [-0.25, -0.2) is 44.9 Å². The molecule has 24 heteroatoms. The molecule has 57 heavy (non-hydrogen) atoms. The second-order valence-electron chi connectivity index (χ2n) is 13.8. The zero-order valence-corrected chi connectivity index (χ0v) is 30.5. The minimum atomic E-state index is -0.635. The standard InChI is InChI=1S/3C11H15N5O3/c3*12-10-9-11(14-4-13-10)16(5-15-9)2-6-1-7(18)8(3-17)19-6/h3*4-8,17-18H,1-3H2,(H2,12,13,14)/t3*6-,7-,8+/m000/s1. The molecule has 0 amide bonds. The van der Waals surface area contributed by atoms with Crippen molar-refractivity contribution in [2.45, 2.75) is 93.8 Å². The van der Waals surface area contributed by atoms with Crippen molar-refractivity contribution in [1.82, 2.24) is 58.6 Å². The molecule has 0 unspecified atom stereocenters. The van der Waals surface area contributed by atoms with E-state index in [0.29, 0.717) is 89.8 Å². The molecule has 3 saturated heterocycles. The number of nitrogens with two attached hydrogens (primary N) is 3. The van der Waals surface area contributed by atoms with E-state index in [4.69, 9.17) is 46.7 Å². The van der Waals surface area contributed by atoms with Gasteiger partial charge in [0.05, 0.1) is 95.1 Å². The van der Waals surface area contributed by atoms with E-state index >= 15 is 0 Å². The van der Waals surface area contributed by atoms with Gasteiger partial charge >= 0.3 is 0 Å². The van der Waals surface area contributed by atoms with Gasteiger partial charge in [-0.3, -0.25) is 0 Å². The number of aromatic nitrogens is 12. The smallest absolute Gasteiger partial charge is 0.165 e. The first-order valence-electron chi connectivity index (χ1n) is 18.1. The fourth-order valence-corrected chi connectivity index (χ4v) is 7.05. The van der Waals surface area contributed by atoms with Crippen molar-refractivity contribution in [3.63, 3.8) is 0 Å². The number of fused-ring (bicyclic) bond motifs is 3. The summed E-state index contributed by atoms with van der Waals surface area (Å²) in [6.07, 6.45) is 6.47. The lowest BCUT2D eigenvalue weighted by atomic mass is 10.1. The number of aliphatic hydroxyl groups excluding tert-OH is 6. The number of nitrogen functional groups attached to an aromatic ring is 3. The van der Waals surface area contributed by atoms with Crippen LogP contribution in [0.3, 0.4) is 0 Å². The van der Waals surface area contributed by atoms with Crippen molar-refractivity contribution < 1.29 is 44.8 Å². The molecule has 0 aromatic carbocycles. The lowest BCUT2D eigenvalue weighted by Gasteiger charge is -2.12. The first-order valence-corrected chi connectivity index (χ1v) is 18.1. The summed E-state index contributed by atoms with van der Waals surface area (Å²) >= 11 is 0. The zero-order chi connectivity index (χ0) is 40.2. The van der Waals surface area contributed by atoms with Gasteiger partial charge in [0.2, 0.25) is 0 Å². The normalized spacial score (nSPS) is 27.2. The van der Waals surface area contributed by atoms with Crippen LogP contribution in [0.15, 0.2) is 38.0 Å². The van der Waals surface area contributed by atoms with Crippen molar-refractivity contribution in [3.8, 4) is 0 Å². The Balaban J connectivity index is 0.000000131. The van der Waals surface area contributed by atoms with Gasteiger partial charge in [0.1, 0.15) is 53.8 Å². The summed E-state index contributed by atoms with van der Waals surface area (Å²) in [5, 5.41) is 56.2. The number of hydrogen-bond acceptors (Lipinski definition) is 21. The maximum atomic E-state index is 9.69. The van der Waals surface area contributed by atoms with Gasteiger partial charge < -0.3 is 75.8 Å². The van der Waals surface area contributed by atoms with Crippen molar-refractivity contribution in [1.29, 1.82) is 0 Å². The fourth-order valence-electron chi connectivity index (χ4n) is 7.05. The van der Waals surface area contributed by atoms with E-state index in [2.05, 4.69) is 44.9 Å². The third-order valence-electron chi connectivity index (χ3n) is 9.93. The van der Waals surface area contributed by atoms with Gasteiger partial charge in [0.15, 0.2) is 34.4 Å². The highest BCUT2D eigenvalue weighted by Crippen LogP contribution is 2.26. The highest BCUT2D eigenvalue weighted by atomic mass is 16.5. The van der Waals surface area contributed by atoms with E-state index < -0.39 is 36.6 Å². The van der Waals surface area contributed by atoms with E-state index in [1.165, 1.54) is 19.0 Å². The van der Waals surface area contributed by atoms with Gasteiger partial charge in [0, 0.05) is 19.3 Å². The van der Waals surface area contributed by atoms with E-state index in [9.17, 15) is 15.3 Å². The van der Waals surface area contributed by atoms with Crippen molar-refractivity contribution in [2.75, 3.05) is 37.0 Å². The first kappa shape index (κ1) is 39.9. The van der Waals surface area contributed by atoms with Gasteiger partial charge in [-0.2, -0.15) is 0 Å². The van der Waals surface area contributed by atoms with E-state index in [1.54, 1.807) is 19.0 Å².